The van der Waals surface area contributed by atoms with Gasteiger partial charge in [0, 0.05) is 0 Å². The predicted octanol–water partition coefficient (Wildman–Crippen LogP) is 3.44. The van der Waals surface area contributed by atoms with E-state index in [4.69, 9.17) is 4.42 Å². The van der Waals surface area contributed by atoms with E-state index in [1.807, 2.05) is 0 Å². The van der Waals surface area contributed by atoms with Crippen LogP contribution in [0.5, 0.6) is 0 Å². The summed E-state index contributed by atoms with van der Waals surface area (Å²) in [5.41, 5.74) is 0. The number of furan rings is 1. The van der Waals surface area contributed by atoms with E-state index in [-0.39, 0.29) is 5.76 Å². The standard InChI is InChI=1S/C16H19F2NO4S2/c1-15(2,3)24(20)19-14(13-10-7-11-23-13)16(17,18)25(21,22)12-8-5-4-6-9-12/h4-11,14,19H,1-3H3/t14-,24+/m0/s1. The van der Waals surface area contributed by atoms with Crippen LogP contribution in [0.3, 0.4) is 0 Å². The molecule has 0 saturated heterocycles. The highest BCUT2D eigenvalue weighted by atomic mass is 32.2. The van der Waals surface area contributed by atoms with Crippen molar-refractivity contribution in [2.45, 2.75) is 41.7 Å². The average Bonchev–Trinajstić information content (AvgIpc) is 3.05. The molecule has 2 rings (SSSR count). The molecule has 9 heteroatoms. The zero-order chi connectivity index (χ0) is 18.9. The van der Waals surface area contributed by atoms with Crippen molar-refractivity contribution in [2.24, 2.45) is 0 Å². The van der Waals surface area contributed by atoms with Crippen molar-refractivity contribution in [3.05, 3.63) is 54.5 Å². The molecule has 2 aromatic rings. The lowest BCUT2D eigenvalue weighted by molar-refractivity contribution is 0.0477. The minimum atomic E-state index is -5.05. The third kappa shape index (κ3) is 3.99. The molecule has 1 N–H and O–H groups in total. The van der Waals surface area contributed by atoms with Crippen molar-refractivity contribution in [1.29, 1.82) is 0 Å². The van der Waals surface area contributed by atoms with Gasteiger partial charge in [0.25, 0.3) is 0 Å². The van der Waals surface area contributed by atoms with E-state index in [9.17, 15) is 12.6 Å². The zero-order valence-corrected chi connectivity index (χ0v) is 15.5. The summed E-state index contributed by atoms with van der Waals surface area (Å²) in [6.45, 7) is 4.75. The SMILES string of the molecule is CC(C)(C)[S@@](=O)N[C@@H](c1ccco1)C(F)(F)S(=O)(=O)c1ccccc1. The second-order valence-electron chi connectivity index (χ2n) is 6.33. The molecule has 0 fully saturated rings. The van der Waals surface area contributed by atoms with Crippen molar-refractivity contribution in [1.82, 2.24) is 4.72 Å². The minimum Gasteiger partial charge on any atom is -0.467 e. The van der Waals surface area contributed by atoms with Crippen LogP contribution in [0.25, 0.3) is 0 Å². The van der Waals surface area contributed by atoms with Gasteiger partial charge in [-0.15, -0.1) is 0 Å². The molecule has 5 nitrogen and oxygen atoms in total. The Morgan fingerprint density at radius 2 is 1.68 bits per heavy atom. The Morgan fingerprint density at radius 1 is 1.08 bits per heavy atom. The summed E-state index contributed by atoms with van der Waals surface area (Å²) in [7, 11) is -6.99. The van der Waals surface area contributed by atoms with Crippen molar-refractivity contribution in [3.63, 3.8) is 0 Å². The fourth-order valence-corrected chi connectivity index (χ4v) is 4.17. The van der Waals surface area contributed by atoms with E-state index >= 15 is 8.78 Å². The van der Waals surface area contributed by atoms with Crippen molar-refractivity contribution in [2.75, 3.05) is 0 Å². The van der Waals surface area contributed by atoms with Crippen LogP contribution < -0.4 is 4.72 Å². The third-order valence-electron chi connectivity index (χ3n) is 3.36. The molecule has 138 valence electrons. The average molecular weight is 391 g/mol. The summed E-state index contributed by atoms with van der Waals surface area (Å²) in [4.78, 5) is -0.528. The first-order chi connectivity index (χ1) is 11.5. The molecule has 1 heterocycles. The second-order valence-corrected chi connectivity index (χ2v) is 10.3. The fourth-order valence-electron chi connectivity index (χ4n) is 1.94. The molecule has 0 aliphatic heterocycles. The van der Waals surface area contributed by atoms with Crippen LogP contribution in [-0.2, 0) is 20.8 Å². The van der Waals surface area contributed by atoms with Gasteiger partial charge in [-0.05, 0) is 45.0 Å². The lowest BCUT2D eigenvalue weighted by Gasteiger charge is -2.28. The van der Waals surface area contributed by atoms with Gasteiger partial charge in [0.05, 0.1) is 26.9 Å². The van der Waals surface area contributed by atoms with E-state index in [2.05, 4.69) is 4.72 Å². The topological polar surface area (TPSA) is 76.4 Å². The predicted molar refractivity (Wildman–Crippen MR) is 91.1 cm³/mol. The lowest BCUT2D eigenvalue weighted by Crippen LogP contribution is -2.46. The van der Waals surface area contributed by atoms with Gasteiger partial charge < -0.3 is 4.42 Å². The maximum absolute atomic E-state index is 15.0. The lowest BCUT2D eigenvalue weighted by atomic mass is 10.2. The molecule has 0 bridgehead atoms. The number of rotatable bonds is 6. The van der Waals surface area contributed by atoms with E-state index in [0.717, 1.165) is 18.4 Å². The summed E-state index contributed by atoms with van der Waals surface area (Å²) in [5.74, 6) is -0.317. The monoisotopic (exact) mass is 391 g/mol. The number of sulfone groups is 1. The molecule has 0 amide bonds. The van der Waals surface area contributed by atoms with Gasteiger partial charge in [-0.1, -0.05) is 18.2 Å². The highest BCUT2D eigenvalue weighted by Gasteiger charge is 2.55. The number of halogens is 2. The first kappa shape index (κ1) is 19.7. The maximum Gasteiger partial charge on any atom is 0.372 e. The Labute approximate surface area is 147 Å². The van der Waals surface area contributed by atoms with Crippen LogP contribution in [0.4, 0.5) is 8.78 Å². The molecular formula is C16H19F2NO4S2. The molecular weight excluding hydrogens is 372 g/mol. The highest BCUT2D eigenvalue weighted by Crippen LogP contribution is 2.40. The molecule has 0 radical (unpaired) electrons. The summed E-state index contributed by atoms with van der Waals surface area (Å²) in [6, 6.07) is 6.87. The van der Waals surface area contributed by atoms with Crippen molar-refractivity contribution >= 4 is 20.8 Å². The number of hydrogen-bond acceptors (Lipinski definition) is 4. The summed E-state index contributed by atoms with van der Waals surface area (Å²) in [5, 5.41) is -4.28. The quantitative estimate of drug-likeness (QED) is 0.818. The van der Waals surface area contributed by atoms with Crippen LogP contribution >= 0.6 is 0 Å². The number of nitrogens with one attached hydrogen (secondary N) is 1. The Kier molecular flexibility index (Phi) is 5.50. The summed E-state index contributed by atoms with van der Waals surface area (Å²) >= 11 is 0. The van der Waals surface area contributed by atoms with Crippen molar-refractivity contribution < 1.29 is 25.8 Å². The first-order valence-electron chi connectivity index (χ1n) is 7.37. The van der Waals surface area contributed by atoms with Gasteiger partial charge in [-0.25, -0.2) is 17.3 Å². The van der Waals surface area contributed by atoms with Gasteiger partial charge in [0.2, 0.25) is 9.84 Å². The Bertz CT molecular complexity index is 829. The van der Waals surface area contributed by atoms with Gasteiger partial charge in [0.15, 0.2) is 6.04 Å². The fraction of sp³-hybridized carbons (Fsp3) is 0.375. The smallest absolute Gasteiger partial charge is 0.372 e. The molecule has 2 atom stereocenters. The minimum absolute atomic E-state index is 0.317. The van der Waals surface area contributed by atoms with Crippen LogP contribution in [-0.4, -0.2) is 22.6 Å². The zero-order valence-electron chi connectivity index (χ0n) is 13.9. The first-order valence-corrected chi connectivity index (χ1v) is 10.00. The highest BCUT2D eigenvalue weighted by molar-refractivity contribution is 7.92. The molecule has 0 spiro atoms. The van der Waals surface area contributed by atoms with Crippen LogP contribution in [0.2, 0.25) is 0 Å². The number of hydrogen-bond donors (Lipinski definition) is 1. The van der Waals surface area contributed by atoms with Crippen LogP contribution in [0, 0.1) is 0 Å². The number of benzene rings is 1. The van der Waals surface area contributed by atoms with Gasteiger partial charge in [-0.2, -0.15) is 8.78 Å². The summed E-state index contributed by atoms with van der Waals surface area (Å²) in [6.07, 6.45) is 1.15. The normalized spacial score (nSPS) is 15.7. The molecule has 0 aliphatic rings. The van der Waals surface area contributed by atoms with E-state index in [1.54, 1.807) is 20.8 Å². The molecule has 1 aromatic carbocycles. The van der Waals surface area contributed by atoms with Crippen LogP contribution in [0.1, 0.15) is 32.6 Å². The van der Waals surface area contributed by atoms with Gasteiger partial charge >= 0.3 is 5.25 Å². The molecule has 0 aliphatic carbocycles. The van der Waals surface area contributed by atoms with Gasteiger partial charge in [0.1, 0.15) is 5.76 Å². The van der Waals surface area contributed by atoms with E-state index < -0.39 is 41.8 Å². The Hall–Kier alpha value is -1.58. The van der Waals surface area contributed by atoms with E-state index in [0.29, 0.717) is 0 Å². The van der Waals surface area contributed by atoms with Gasteiger partial charge in [-0.3, -0.25) is 0 Å². The second kappa shape index (κ2) is 6.97. The van der Waals surface area contributed by atoms with Crippen LogP contribution in [0.15, 0.2) is 58.0 Å². The number of alkyl halides is 2. The summed E-state index contributed by atoms with van der Waals surface area (Å²) < 4.78 is 73.7. The molecule has 25 heavy (non-hydrogen) atoms. The largest absolute Gasteiger partial charge is 0.467 e. The molecule has 0 saturated carbocycles. The molecule has 1 aromatic heterocycles. The maximum atomic E-state index is 15.0. The molecule has 0 unspecified atom stereocenters. The third-order valence-corrected chi connectivity index (χ3v) is 6.76. The Balaban J connectivity index is 2.51. The van der Waals surface area contributed by atoms with E-state index in [1.165, 1.54) is 30.3 Å². The Morgan fingerprint density at radius 3 is 2.16 bits per heavy atom. The van der Waals surface area contributed by atoms with Crippen molar-refractivity contribution in [3.8, 4) is 0 Å².